The predicted molar refractivity (Wildman–Crippen MR) is 311 cm³/mol. The topological polar surface area (TPSA) is 381 Å². The second-order valence-corrected chi connectivity index (χ2v) is 23.3. The van der Waals surface area contributed by atoms with Crippen molar-refractivity contribution >= 4 is 88.1 Å². The molecule has 0 aromatic heterocycles. The number of nitrogens with zero attached hydrogens (tertiary/aromatic N) is 2. The van der Waals surface area contributed by atoms with Crippen LogP contribution in [0.2, 0.25) is 0 Å². The van der Waals surface area contributed by atoms with E-state index < -0.39 is 200 Å². The highest BCUT2D eigenvalue weighted by Crippen LogP contribution is 2.67. The first-order valence-electron chi connectivity index (χ1n) is 28.7. The maximum Gasteiger partial charge on any atom is 0.460 e. The molecule has 24 nitrogen and oxygen atoms in total. The number of nitrogens with two attached hydrogens (primary N) is 3. The Bertz CT molecular complexity index is 2880. The number of amides is 7. The Morgan fingerprint density at radius 1 is 0.577 bits per heavy atom. The average molecular weight is 1480 g/mol. The van der Waals surface area contributed by atoms with Crippen molar-refractivity contribution in [3.8, 4) is 0 Å². The molecule has 1 aromatic carbocycles. The minimum atomic E-state index is -8.89. The van der Waals surface area contributed by atoms with Crippen LogP contribution in [-0.2, 0) is 54.3 Å². The number of anilines is 1. The van der Waals surface area contributed by atoms with Gasteiger partial charge < -0.3 is 74.3 Å². The van der Waals surface area contributed by atoms with Crippen LogP contribution in [0.25, 0.3) is 0 Å². The van der Waals surface area contributed by atoms with Gasteiger partial charge in [0.25, 0.3) is 0 Å². The number of guanidine groups is 1. The first kappa shape index (κ1) is 87.8. The van der Waals surface area contributed by atoms with Crippen molar-refractivity contribution in [2.45, 2.75) is 163 Å². The van der Waals surface area contributed by atoms with Gasteiger partial charge >= 0.3 is 59.6 Å². The van der Waals surface area contributed by atoms with Gasteiger partial charge in [-0.1, -0.05) is 39.8 Å². The van der Waals surface area contributed by atoms with Gasteiger partial charge in [-0.3, -0.25) is 43.3 Å². The summed E-state index contributed by atoms with van der Waals surface area (Å²) in [4.78, 5) is 123. The number of methoxy groups -OCH3 is 1. The zero-order chi connectivity index (χ0) is 75.3. The molecule has 0 aliphatic heterocycles. The summed E-state index contributed by atoms with van der Waals surface area (Å²) in [6, 6.07) is -1.63. The van der Waals surface area contributed by atoms with Crippen LogP contribution >= 0.6 is 23.2 Å². The molecule has 0 radical (unpaired) electrons. The number of hydrogen-bond acceptors (Lipinski definition) is 14. The van der Waals surface area contributed by atoms with E-state index in [4.69, 9.17) is 45.1 Å². The Hall–Kier alpha value is -7.17. The predicted octanol–water partition coefficient (Wildman–Crippen LogP) is 3.83. The minimum absolute atomic E-state index is 0.0222. The summed E-state index contributed by atoms with van der Waals surface area (Å²) in [5, 5.41) is 34.6. The monoisotopic (exact) mass is 1480 g/mol. The van der Waals surface area contributed by atoms with E-state index in [0.717, 1.165) is 12.8 Å². The Balaban J connectivity index is 3.48. The number of carboxylic acids is 1. The van der Waals surface area contributed by atoms with Crippen LogP contribution in [0, 0.1) is 10.8 Å². The first-order chi connectivity index (χ1) is 44.3. The van der Waals surface area contributed by atoms with Gasteiger partial charge in [0.2, 0.25) is 41.4 Å². The molecular formula is C54H75Cl2F17N12O12. The van der Waals surface area contributed by atoms with Crippen LogP contribution in [0.1, 0.15) is 84.6 Å². The van der Waals surface area contributed by atoms with Crippen LogP contribution in [0.15, 0.2) is 29.3 Å². The van der Waals surface area contributed by atoms with Gasteiger partial charge in [0.1, 0.15) is 24.2 Å². The molecule has 0 fully saturated rings. The van der Waals surface area contributed by atoms with Crippen LogP contribution in [0.5, 0.6) is 0 Å². The number of ether oxygens (including phenoxy) is 1. The van der Waals surface area contributed by atoms with Crippen molar-refractivity contribution in [1.82, 2.24) is 37.2 Å². The highest BCUT2D eigenvalue weighted by Gasteiger charge is 2.96. The van der Waals surface area contributed by atoms with Crippen molar-refractivity contribution in [1.29, 1.82) is 0 Å². The zero-order valence-corrected chi connectivity index (χ0v) is 53.7. The number of carboxylic acid groups (broad SMARTS) is 1. The maximum absolute atomic E-state index is 15.8. The molecule has 0 spiro atoms. The van der Waals surface area contributed by atoms with E-state index in [2.05, 4.69) is 26.3 Å². The highest BCUT2D eigenvalue weighted by molar-refractivity contribution is 6.18. The molecule has 1 aromatic rings. The third-order valence-electron chi connectivity index (χ3n) is 15.2. The lowest BCUT2D eigenvalue weighted by molar-refractivity contribution is -0.466. The number of aliphatic carboxylic acids is 1. The Labute approximate surface area is 552 Å². The number of benzene rings is 1. The van der Waals surface area contributed by atoms with E-state index >= 15 is 17.6 Å². The summed E-state index contributed by atoms with van der Waals surface area (Å²) in [5.74, 6) is -69.7. The van der Waals surface area contributed by atoms with Crippen molar-refractivity contribution in [2.24, 2.45) is 33.0 Å². The number of aliphatic hydroxyl groups excluding tert-OH is 1. The largest absolute Gasteiger partial charge is 0.481 e. The summed E-state index contributed by atoms with van der Waals surface area (Å²) < 4.78 is 246. The lowest BCUT2D eigenvalue weighted by Gasteiger charge is -2.50. The number of nitrogens with one attached hydrogen (secondary N) is 7. The van der Waals surface area contributed by atoms with Crippen LogP contribution in [0.3, 0.4) is 0 Å². The lowest BCUT2D eigenvalue weighted by atomic mass is 9.61. The second-order valence-electron chi connectivity index (χ2n) is 22.6. The van der Waals surface area contributed by atoms with E-state index in [-0.39, 0.29) is 77.6 Å². The van der Waals surface area contributed by atoms with Gasteiger partial charge in [-0.05, 0) is 56.2 Å². The Morgan fingerprint density at radius 2 is 1.06 bits per heavy atom. The molecule has 97 heavy (non-hydrogen) atoms. The molecule has 0 aliphatic carbocycles. The molecule has 556 valence electrons. The number of aliphatic imine (C=N–C) groups is 1. The van der Waals surface area contributed by atoms with E-state index in [1.54, 1.807) is 24.3 Å². The van der Waals surface area contributed by atoms with E-state index in [1.165, 1.54) is 0 Å². The first-order valence-corrected chi connectivity index (χ1v) is 29.8. The molecule has 43 heteroatoms. The van der Waals surface area contributed by atoms with Crippen molar-refractivity contribution in [3.05, 3.63) is 29.8 Å². The number of carbonyl (C=O) groups excluding carboxylic acids is 8. The number of unbranched alkanes of at least 4 members (excludes halogenated alkanes) is 1. The molecule has 5 unspecified atom stereocenters. The van der Waals surface area contributed by atoms with Crippen molar-refractivity contribution in [3.63, 3.8) is 0 Å². The van der Waals surface area contributed by atoms with Gasteiger partial charge in [0, 0.05) is 68.4 Å². The molecule has 0 heterocycles. The number of rotatable bonds is 43. The normalized spacial score (nSPS) is 14.5. The number of esters is 1. The smallest absolute Gasteiger partial charge is 0.460 e. The number of alkyl halides is 19. The molecule has 0 saturated heterocycles. The summed E-state index contributed by atoms with van der Waals surface area (Å²) in [7, 11) is 1.06. The van der Waals surface area contributed by atoms with Crippen LogP contribution in [-0.4, -0.2) is 212 Å². The summed E-state index contributed by atoms with van der Waals surface area (Å²) >= 11 is 11.8. The van der Waals surface area contributed by atoms with Gasteiger partial charge in [-0.15, -0.1) is 23.2 Å². The van der Waals surface area contributed by atoms with Crippen LogP contribution in [0.4, 0.5) is 80.3 Å². The van der Waals surface area contributed by atoms with E-state index in [9.17, 15) is 110 Å². The van der Waals surface area contributed by atoms with E-state index in [0.29, 0.717) is 18.7 Å². The summed E-state index contributed by atoms with van der Waals surface area (Å²) in [6.45, 7) is -2.48. The number of halogens is 19. The average Bonchev–Trinajstić information content (AvgIpc) is 0.689. The molecule has 7 amide bonds. The van der Waals surface area contributed by atoms with Crippen molar-refractivity contribution < 1.29 is 133 Å². The lowest BCUT2D eigenvalue weighted by Crippen LogP contribution is -2.76. The summed E-state index contributed by atoms with van der Waals surface area (Å²) in [6.07, 6.45) is -11.1. The number of carbonyl (C=O) groups is 9. The maximum atomic E-state index is 15.8. The standard InChI is InChI=1S/C54H75Cl2F17N12O12/c1-45(2,46(3,4)47(57,58)48(59,60)49(61,62)50(63,64)51(65,66)52(67,68)53(69,70)54(71,72)73)43(96)78-19-7-6-11-31(39(92)77-20-9-12-35(87)82-33(42(95)97-5)24-28-13-15-29(16-14-28)85(22-17-55)23-18-56)83-41(94)34(27-86)84-40(93)32(25-37(89)90)81-36(88)26-80-38(91)30(74)10-8-21-79-44(75)76/h13-16,30-34,86H,6-12,17-27,74H2,1-5H3,(H,77,92)(H,78,96)(H,80,91)(H,81,88)(H,82,87)(H,83,94)(H,84,93)(H,89,90)(H4,75,76,79). The third kappa shape index (κ3) is 21.9. The van der Waals surface area contributed by atoms with Crippen molar-refractivity contribution in [2.75, 3.05) is 69.6 Å². The molecule has 1 rings (SSSR count). The molecule has 0 saturated carbocycles. The summed E-state index contributed by atoms with van der Waals surface area (Å²) in [5.41, 5.74) is 9.94. The van der Waals surface area contributed by atoms with Gasteiger partial charge in [-0.25, -0.2) is 4.79 Å². The third-order valence-corrected chi connectivity index (χ3v) is 15.5. The van der Waals surface area contributed by atoms with Gasteiger partial charge in [-0.2, -0.15) is 74.6 Å². The number of aliphatic hydroxyl groups is 1. The highest BCUT2D eigenvalue weighted by atomic mass is 35.5. The van der Waals surface area contributed by atoms with Gasteiger partial charge in [0.15, 0.2) is 5.96 Å². The van der Waals surface area contributed by atoms with Crippen LogP contribution < -0.4 is 59.3 Å². The van der Waals surface area contributed by atoms with Gasteiger partial charge in [0.05, 0.1) is 38.1 Å². The second kappa shape index (κ2) is 36.1. The molecule has 15 N–H and O–H groups in total. The van der Waals surface area contributed by atoms with E-state index in [1.807, 2.05) is 20.9 Å². The fraction of sp³-hybridized carbons (Fsp3) is 0.704. The fourth-order valence-electron chi connectivity index (χ4n) is 8.55. The Morgan fingerprint density at radius 3 is 1.55 bits per heavy atom. The number of hydrogen-bond donors (Lipinski definition) is 12. The molecule has 0 aliphatic rings. The minimum Gasteiger partial charge on any atom is -0.481 e. The molecule has 5 atom stereocenters. The Kier molecular flexibility index (Phi) is 32.7. The quantitative estimate of drug-likeness (QED) is 0.0110. The zero-order valence-electron chi connectivity index (χ0n) is 52.2. The SMILES string of the molecule is COC(=O)C(Cc1ccc(N(CCCl)CCCl)cc1)NC(=O)CCCNC(=O)C(CCCCNC(=O)C(C)(C)C(C)(C)C(F)(F)C(F)(F)C(F)(F)C(F)(F)C(F)(F)C(F)(F)C(F)(F)C(F)(F)F)NC(=O)C(CO)NC(=O)C(CC(=O)O)NC(=O)CNC(=O)C(N)CCCN=C(N)N. The molecular weight excluding hydrogens is 1400 g/mol. The fourth-order valence-corrected chi connectivity index (χ4v) is 8.96. The molecule has 0 bridgehead atoms.